The van der Waals surface area contributed by atoms with E-state index in [1.54, 1.807) is 18.2 Å². The number of hydrogen-bond donors (Lipinski definition) is 1. The van der Waals surface area contributed by atoms with E-state index in [2.05, 4.69) is 10.5 Å². The van der Waals surface area contributed by atoms with Gasteiger partial charge in [-0.3, -0.25) is 4.79 Å². The summed E-state index contributed by atoms with van der Waals surface area (Å²) in [6.45, 7) is -0.472. The third-order valence-corrected chi connectivity index (χ3v) is 7.20. The van der Waals surface area contributed by atoms with Crippen LogP contribution < -0.4 is 5.43 Å². The number of nitrogens with zero attached hydrogens (tertiary/aromatic N) is 2. The fraction of sp³-hybridized carbons (Fsp3) is 0.364. The summed E-state index contributed by atoms with van der Waals surface area (Å²) in [4.78, 5) is 12.6. The summed E-state index contributed by atoms with van der Waals surface area (Å²) in [6.07, 6.45) is 0.346. The molecule has 0 aromatic heterocycles. The van der Waals surface area contributed by atoms with E-state index in [1.807, 2.05) is 0 Å². The molecule has 1 fully saturated rings. The fourth-order valence-electron chi connectivity index (χ4n) is 3.73. The number of carbonyl (C=O) groups excluding carboxylic acids is 1. The Morgan fingerprint density at radius 3 is 2.31 bits per heavy atom. The first-order chi connectivity index (χ1) is 15.2. The molecule has 0 radical (unpaired) electrons. The summed E-state index contributed by atoms with van der Waals surface area (Å²) in [7, 11) is -3.93. The van der Waals surface area contributed by atoms with Crippen LogP contribution in [0.1, 0.15) is 43.2 Å². The van der Waals surface area contributed by atoms with Crippen molar-refractivity contribution in [3.8, 4) is 0 Å². The zero-order valence-corrected chi connectivity index (χ0v) is 18.1. The van der Waals surface area contributed by atoms with E-state index in [9.17, 15) is 26.4 Å². The lowest BCUT2D eigenvalue weighted by Gasteiger charge is -2.32. The maximum atomic E-state index is 13.2. The van der Waals surface area contributed by atoms with Crippen LogP contribution in [-0.2, 0) is 21.0 Å². The third kappa shape index (κ3) is 5.95. The maximum absolute atomic E-state index is 13.2. The van der Waals surface area contributed by atoms with E-state index < -0.39 is 34.2 Å². The monoisotopic (exact) mass is 467 g/mol. The van der Waals surface area contributed by atoms with Crippen LogP contribution in [0.25, 0.3) is 0 Å². The number of halogens is 3. The predicted molar refractivity (Wildman–Crippen MR) is 114 cm³/mol. The first-order valence-corrected chi connectivity index (χ1v) is 11.7. The second-order valence-electron chi connectivity index (χ2n) is 7.53. The first-order valence-electron chi connectivity index (χ1n) is 10.2. The van der Waals surface area contributed by atoms with Crippen molar-refractivity contribution in [2.45, 2.75) is 49.2 Å². The summed E-state index contributed by atoms with van der Waals surface area (Å²) < 4.78 is 66.8. The zero-order chi connectivity index (χ0) is 23.2. The Bertz CT molecular complexity index is 1050. The summed E-state index contributed by atoms with van der Waals surface area (Å²) in [5, 5.41) is 3.62. The number of alkyl halides is 3. The molecule has 0 bridgehead atoms. The van der Waals surface area contributed by atoms with Gasteiger partial charge in [-0.1, -0.05) is 55.7 Å². The number of nitrogens with one attached hydrogen (secondary N) is 1. The van der Waals surface area contributed by atoms with Crippen LogP contribution in [0.2, 0.25) is 0 Å². The summed E-state index contributed by atoms with van der Waals surface area (Å²) in [6, 6.07) is 12.4. The summed E-state index contributed by atoms with van der Waals surface area (Å²) in [5.41, 5.74) is 1.07. The van der Waals surface area contributed by atoms with Crippen molar-refractivity contribution < 1.29 is 26.4 Å². The van der Waals surface area contributed by atoms with E-state index in [0.29, 0.717) is 12.8 Å². The minimum Gasteiger partial charge on any atom is -0.272 e. The largest absolute Gasteiger partial charge is 0.417 e. The molecule has 0 atom stereocenters. The molecule has 1 aliphatic carbocycles. The van der Waals surface area contributed by atoms with Crippen LogP contribution >= 0.6 is 0 Å². The second-order valence-corrected chi connectivity index (χ2v) is 9.42. The van der Waals surface area contributed by atoms with Crippen molar-refractivity contribution in [1.82, 2.24) is 9.73 Å². The van der Waals surface area contributed by atoms with Gasteiger partial charge in [0.05, 0.1) is 23.2 Å². The molecule has 10 heteroatoms. The highest BCUT2D eigenvalue weighted by molar-refractivity contribution is 7.89. The molecule has 172 valence electrons. The highest BCUT2D eigenvalue weighted by atomic mass is 32.2. The Morgan fingerprint density at radius 1 is 1.03 bits per heavy atom. The van der Waals surface area contributed by atoms with Gasteiger partial charge in [0, 0.05) is 11.6 Å². The summed E-state index contributed by atoms with van der Waals surface area (Å²) in [5.74, 6) is -0.726. The van der Waals surface area contributed by atoms with Gasteiger partial charge in [-0.25, -0.2) is 13.8 Å². The van der Waals surface area contributed by atoms with Crippen molar-refractivity contribution in [3.05, 3.63) is 65.7 Å². The van der Waals surface area contributed by atoms with E-state index >= 15 is 0 Å². The quantitative estimate of drug-likeness (QED) is 0.490. The Balaban J connectivity index is 1.76. The average molecular weight is 468 g/mol. The van der Waals surface area contributed by atoms with E-state index in [0.717, 1.165) is 31.5 Å². The van der Waals surface area contributed by atoms with Crippen molar-refractivity contribution in [2.75, 3.05) is 6.54 Å². The van der Waals surface area contributed by atoms with Gasteiger partial charge in [0.15, 0.2) is 0 Å². The number of sulfonamides is 1. The molecule has 0 spiro atoms. The Morgan fingerprint density at radius 2 is 1.66 bits per heavy atom. The average Bonchev–Trinajstić information content (AvgIpc) is 2.78. The molecule has 2 aromatic rings. The van der Waals surface area contributed by atoms with Crippen LogP contribution in [0.4, 0.5) is 13.2 Å². The van der Waals surface area contributed by atoms with Gasteiger partial charge >= 0.3 is 6.18 Å². The van der Waals surface area contributed by atoms with Gasteiger partial charge in [0.25, 0.3) is 5.91 Å². The molecule has 1 saturated carbocycles. The molecule has 2 aromatic carbocycles. The van der Waals surface area contributed by atoms with Gasteiger partial charge in [-0.05, 0) is 31.0 Å². The van der Waals surface area contributed by atoms with Crippen molar-refractivity contribution in [3.63, 3.8) is 0 Å². The number of rotatable bonds is 7. The number of benzene rings is 2. The Kier molecular flexibility index (Phi) is 7.68. The van der Waals surface area contributed by atoms with Crippen molar-refractivity contribution >= 4 is 22.1 Å². The molecule has 0 aliphatic heterocycles. The lowest BCUT2D eigenvalue weighted by molar-refractivity contribution is -0.137. The molecule has 32 heavy (non-hydrogen) atoms. The maximum Gasteiger partial charge on any atom is 0.417 e. The molecule has 0 unspecified atom stereocenters. The first kappa shape index (κ1) is 23.9. The van der Waals surface area contributed by atoms with E-state index in [-0.39, 0.29) is 16.5 Å². The molecule has 1 N–H and O–H groups in total. The number of hydrazone groups is 1. The van der Waals surface area contributed by atoms with Crippen LogP contribution in [0.15, 0.2) is 64.6 Å². The number of carbonyl (C=O) groups is 1. The van der Waals surface area contributed by atoms with Crippen molar-refractivity contribution in [2.24, 2.45) is 5.10 Å². The lowest BCUT2D eigenvalue weighted by Crippen LogP contribution is -2.46. The Labute approximate surface area is 185 Å². The molecule has 0 saturated heterocycles. The zero-order valence-electron chi connectivity index (χ0n) is 17.3. The van der Waals surface area contributed by atoms with E-state index in [1.165, 1.54) is 34.6 Å². The topological polar surface area (TPSA) is 78.8 Å². The smallest absolute Gasteiger partial charge is 0.272 e. The molecule has 6 nitrogen and oxygen atoms in total. The fourth-order valence-corrected chi connectivity index (χ4v) is 5.39. The third-order valence-electron chi connectivity index (χ3n) is 5.29. The number of hydrogen-bond acceptors (Lipinski definition) is 4. The van der Waals surface area contributed by atoms with E-state index in [4.69, 9.17) is 0 Å². The minimum absolute atomic E-state index is 0.0842. The molecule has 3 rings (SSSR count). The van der Waals surface area contributed by atoms with Crippen LogP contribution in [0.5, 0.6) is 0 Å². The van der Waals surface area contributed by atoms with Gasteiger partial charge < -0.3 is 0 Å². The van der Waals surface area contributed by atoms with Crippen LogP contribution in [-0.4, -0.2) is 37.4 Å². The Hall–Kier alpha value is -2.72. The molecular weight excluding hydrogens is 443 g/mol. The highest BCUT2D eigenvalue weighted by Gasteiger charge is 2.34. The van der Waals surface area contributed by atoms with Crippen LogP contribution in [0.3, 0.4) is 0 Å². The van der Waals surface area contributed by atoms with Gasteiger partial charge in [-0.2, -0.15) is 22.6 Å². The normalized spacial score (nSPS) is 15.9. The second kappa shape index (κ2) is 10.3. The van der Waals surface area contributed by atoms with Gasteiger partial charge in [-0.15, -0.1) is 0 Å². The molecule has 1 amide bonds. The highest BCUT2D eigenvalue weighted by Crippen LogP contribution is 2.31. The SMILES string of the molecule is O=C(CN(C1CCCCC1)S(=O)(=O)c1ccccc1)N/N=C/c1ccccc1C(F)(F)F. The predicted octanol–water partition coefficient (Wildman–Crippen LogP) is 4.18. The van der Waals surface area contributed by atoms with Gasteiger partial charge in [0.2, 0.25) is 10.0 Å². The van der Waals surface area contributed by atoms with Crippen molar-refractivity contribution in [1.29, 1.82) is 0 Å². The van der Waals surface area contributed by atoms with Crippen LogP contribution in [0, 0.1) is 0 Å². The molecular formula is C22H24F3N3O3S. The molecule has 0 heterocycles. The standard InChI is InChI=1S/C22H24F3N3O3S/c23-22(24,25)20-14-8-7-9-17(20)15-26-27-21(29)16-28(18-10-3-1-4-11-18)32(30,31)19-12-5-2-6-13-19/h2,5-9,12-15,18H,1,3-4,10-11,16H2,(H,27,29)/b26-15+. The lowest BCUT2D eigenvalue weighted by atomic mass is 9.95. The summed E-state index contributed by atoms with van der Waals surface area (Å²) >= 11 is 0. The minimum atomic E-state index is -4.56. The molecule has 1 aliphatic rings. The number of amides is 1. The van der Waals surface area contributed by atoms with Gasteiger partial charge in [0.1, 0.15) is 0 Å².